The van der Waals surface area contributed by atoms with E-state index in [2.05, 4.69) is 15.2 Å². The van der Waals surface area contributed by atoms with Crippen LogP contribution in [0.2, 0.25) is 0 Å². The number of thiophene rings is 1. The number of carbonyl (C=O) groups excluding carboxylic acids is 1. The van der Waals surface area contributed by atoms with Gasteiger partial charge in [0.05, 0.1) is 41.4 Å². The van der Waals surface area contributed by atoms with Gasteiger partial charge in [-0.05, 0) is 57.6 Å². The molecule has 9 nitrogen and oxygen atoms in total. The number of β-amino-alcohol motifs (C(OH)–C–C–N with tert-alkyl or cyclic N) is 1. The molecule has 1 aliphatic heterocycles. The second-order valence-corrected chi connectivity index (χ2v) is 11.1. The summed E-state index contributed by atoms with van der Waals surface area (Å²) in [6, 6.07) is 13.4. The van der Waals surface area contributed by atoms with E-state index in [9.17, 15) is 9.90 Å². The van der Waals surface area contributed by atoms with Gasteiger partial charge in [0.25, 0.3) is 5.91 Å². The van der Waals surface area contributed by atoms with Crippen molar-refractivity contribution >= 4 is 39.1 Å². The van der Waals surface area contributed by atoms with Gasteiger partial charge in [0.1, 0.15) is 16.4 Å². The summed E-state index contributed by atoms with van der Waals surface area (Å²) in [5.74, 6) is 1.14. The minimum absolute atomic E-state index is 0.0406. The van der Waals surface area contributed by atoms with E-state index in [1.54, 1.807) is 13.3 Å². The number of anilines is 2. The molecule has 2 atom stereocenters. The molecular formula is C29H33N5O4S. The van der Waals surface area contributed by atoms with E-state index >= 15 is 0 Å². The number of ether oxygens (including phenoxy) is 2. The molecule has 10 heteroatoms. The number of nitrogens with one attached hydrogen (secondary N) is 1. The van der Waals surface area contributed by atoms with Gasteiger partial charge < -0.3 is 30.5 Å². The number of aliphatic hydroxyl groups is 1. The van der Waals surface area contributed by atoms with Crippen LogP contribution in [0.4, 0.5) is 11.6 Å². The summed E-state index contributed by atoms with van der Waals surface area (Å²) < 4.78 is 12.5. The predicted octanol–water partition coefficient (Wildman–Crippen LogP) is 4.78. The van der Waals surface area contributed by atoms with Gasteiger partial charge in [0, 0.05) is 23.6 Å². The number of methoxy groups -OCH3 is 1. The van der Waals surface area contributed by atoms with Crippen molar-refractivity contribution in [3.63, 3.8) is 0 Å². The zero-order valence-corrected chi connectivity index (χ0v) is 23.3. The summed E-state index contributed by atoms with van der Waals surface area (Å²) in [5, 5.41) is 14.0. The smallest absolute Gasteiger partial charge is 0.259 e. The molecule has 204 valence electrons. The van der Waals surface area contributed by atoms with Gasteiger partial charge in [-0.3, -0.25) is 4.79 Å². The lowest BCUT2D eigenvalue weighted by Crippen LogP contribution is -2.40. The number of likely N-dealkylation sites (N-methyl/N-ethyl adjacent to an activating group) is 1. The molecule has 4 aromatic rings. The van der Waals surface area contributed by atoms with Crippen LogP contribution in [0.25, 0.3) is 21.3 Å². The highest BCUT2D eigenvalue weighted by Gasteiger charge is 2.28. The first-order valence-electron chi connectivity index (χ1n) is 12.9. The second-order valence-electron chi connectivity index (χ2n) is 10.0. The number of primary amides is 1. The van der Waals surface area contributed by atoms with E-state index in [-0.39, 0.29) is 12.0 Å². The monoisotopic (exact) mass is 547 g/mol. The number of nitrogens with two attached hydrogens (primary N) is 1. The van der Waals surface area contributed by atoms with E-state index in [0.717, 1.165) is 28.8 Å². The number of para-hydroxylation sites is 1. The number of likely N-dealkylation sites (tertiary alicyclic amines) is 1. The number of carbonyl (C=O) groups is 1. The van der Waals surface area contributed by atoms with Gasteiger partial charge in [-0.1, -0.05) is 24.3 Å². The number of fused-ring (bicyclic) bond motifs is 1. The first kappa shape index (κ1) is 26.9. The first-order valence-corrected chi connectivity index (χ1v) is 13.7. The Morgan fingerprint density at radius 1 is 1.23 bits per heavy atom. The minimum atomic E-state index is -0.535. The summed E-state index contributed by atoms with van der Waals surface area (Å²) in [6.07, 6.45) is 2.06. The third-order valence-corrected chi connectivity index (χ3v) is 7.99. The summed E-state index contributed by atoms with van der Waals surface area (Å²) >= 11 is 1.26. The maximum atomic E-state index is 12.4. The van der Waals surface area contributed by atoms with Crippen molar-refractivity contribution < 1.29 is 19.4 Å². The fraction of sp³-hybridized carbons (Fsp3) is 0.345. The van der Waals surface area contributed by atoms with Crippen molar-refractivity contribution in [1.82, 2.24) is 14.9 Å². The molecule has 2 aromatic carbocycles. The van der Waals surface area contributed by atoms with Gasteiger partial charge in [-0.2, -0.15) is 0 Å². The SMILES string of the molecule is COc1ccccc1-c1c(C(N)=O)sc2cnc(Nc3ccc([C@@H]4CCN(C)C[C@@H]4O)cc3OC(C)C)nc12. The van der Waals surface area contributed by atoms with Crippen LogP contribution in [-0.2, 0) is 0 Å². The normalized spacial score (nSPS) is 17.9. The van der Waals surface area contributed by atoms with Gasteiger partial charge in [-0.15, -0.1) is 11.3 Å². The highest BCUT2D eigenvalue weighted by Crippen LogP contribution is 2.42. The summed E-state index contributed by atoms with van der Waals surface area (Å²) in [6.45, 7) is 5.51. The molecule has 5 rings (SSSR count). The van der Waals surface area contributed by atoms with Crippen LogP contribution in [0.3, 0.4) is 0 Å². The van der Waals surface area contributed by atoms with E-state index in [1.807, 2.05) is 63.4 Å². The van der Waals surface area contributed by atoms with E-state index < -0.39 is 12.0 Å². The molecule has 4 N–H and O–H groups in total. The molecule has 1 saturated heterocycles. The standard InChI is InChI=1S/C29H33N5O4S/c1-16(2)38-23-13-17(18-11-12-34(3)15-21(18)35)9-10-20(23)32-29-31-14-24-26(33-29)25(27(39-24)28(30)36)19-7-5-6-8-22(19)37-4/h5-10,13-14,16,18,21,35H,11-12,15H2,1-4H3,(H2,30,36)(H,31,32,33)/t18-,21-/m0/s1. The number of benzene rings is 2. The van der Waals surface area contributed by atoms with Crippen LogP contribution in [0, 0.1) is 0 Å². The van der Waals surface area contributed by atoms with Crippen molar-refractivity contribution in [3.05, 3.63) is 59.1 Å². The topological polar surface area (TPSA) is 123 Å². The molecule has 1 aliphatic rings. The number of piperidine rings is 1. The van der Waals surface area contributed by atoms with Crippen molar-refractivity contribution in [2.45, 2.75) is 38.4 Å². The van der Waals surface area contributed by atoms with E-state index in [4.69, 9.17) is 20.2 Å². The molecule has 1 amide bonds. The molecule has 0 bridgehead atoms. The molecular weight excluding hydrogens is 514 g/mol. The van der Waals surface area contributed by atoms with Crippen molar-refractivity contribution in [2.75, 3.05) is 32.6 Å². The van der Waals surface area contributed by atoms with Crippen LogP contribution in [0.5, 0.6) is 11.5 Å². The molecule has 39 heavy (non-hydrogen) atoms. The lowest BCUT2D eigenvalue weighted by Gasteiger charge is -2.34. The van der Waals surface area contributed by atoms with Crippen LogP contribution in [-0.4, -0.2) is 65.3 Å². The average molecular weight is 548 g/mol. The predicted molar refractivity (Wildman–Crippen MR) is 154 cm³/mol. The van der Waals surface area contributed by atoms with Gasteiger partial charge in [0.15, 0.2) is 0 Å². The lowest BCUT2D eigenvalue weighted by molar-refractivity contribution is 0.0637. The highest BCUT2D eigenvalue weighted by molar-refractivity contribution is 7.21. The number of rotatable bonds is 8. The van der Waals surface area contributed by atoms with Crippen LogP contribution in [0.1, 0.15) is 41.4 Å². The first-order chi connectivity index (χ1) is 18.7. The minimum Gasteiger partial charge on any atom is -0.496 e. The molecule has 0 aliphatic carbocycles. The third kappa shape index (κ3) is 5.54. The molecule has 0 radical (unpaired) electrons. The average Bonchev–Trinajstić information content (AvgIpc) is 3.28. The van der Waals surface area contributed by atoms with Crippen molar-refractivity contribution in [2.24, 2.45) is 5.73 Å². The van der Waals surface area contributed by atoms with Crippen LogP contribution in [0.15, 0.2) is 48.7 Å². The molecule has 0 unspecified atom stereocenters. The van der Waals surface area contributed by atoms with E-state index in [1.165, 1.54) is 11.3 Å². The van der Waals surface area contributed by atoms with E-state index in [0.29, 0.717) is 45.6 Å². The Morgan fingerprint density at radius 2 is 2.03 bits per heavy atom. The second kappa shape index (κ2) is 11.2. The Bertz CT molecular complexity index is 1500. The van der Waals surface area contributed by atoms with Gasteiger partial charge in [0.2, 0.25) is 5.95 Å². The number of hydrogen-bond donors (Lipinski definition) is 3. The quantitative estimate of drug-likeness (QED) is 0.288. The Kier molecular flexibility index (Phi) is 7.69. The molecule has 0 spiro atoms. The zero-order chi connectivity index (χ0) is 27.7. The zero-order valence-electron chi connectivity index (χ0n) is 22.5. The van der Waals surface area contributed by atoms with Crippen molar-refractivity contribution in [1.29, 1.82) is 0 Å². The Balaban J connectivity index is 1.54. The number of hydrogen-bond acceptors (Lipinski definition) is 9. The summed E-state index contributed by atoms with van der Waals surface area (Å²) in [4.78, 5) is 24.2. The number of nitrogens with zero attached hydrogens (tertiary/aromatic N) is 3. The van der Waals surface area contributed by atoms with Crippen molar-refractivity contribution in [3.8, 4) is 22.6 Å². The lowest BCUT2D eigenvalue weighted by atomic mass is 9.87. The fourth-order valence-electron chi connectivity index (χ4n) is 5.05. The largest absolute Gasteiger partial charge is 0.496 e. The molecule has 3 heterocycles. The molecule has 0 saturated carbocycles. The Morgan fingerprint density at radius 3 is 2.74 bits per heavy atom. The van der Waals surface area contributed by atoms with Crippen LogP contribution < -0.4 is 20.5 Å². The maximum absolute atomic E-state index is 12.4. The maximum Gasteiger partial charge on any atom is 0.259 e. The Labute approximate surface area is 231 Å². The van der Waals surface area contributed by atoms with Gasteiger partial charge >= 0.3 is 0 Å². The Hall–Kier alpha value is -3.73. The van der Waals surface area contributed by atoms with Crippen LogP contribution >= 0.6 is 11.3 Å². The third-order valence-electron chi connectivity index (χ3n) is 6.86. The molecule has 2 aromatic heterocycles. The highest BCUT2D eigenvalue weighted by atomic mass is 32.1. The fourth-order valence-corrected chi connectivity index (χ4v) is 6.03. The summed E-state index contributed by atoms with van der Waals surface area (Å²) in [5.41, 5.74) is 9.46. The summed E-state index contributed by atoms with van der Waals surface area (Å²) in [7, 11) is 3.61. The molecule has 1 fully saturated rings. The number of aromatic nitrogens is 2. The van der Waals surface area contributed by atoms with Gasteiger partial charge in [-0.25, -0.2) is 9.97 Å². The number of amides is 1. The number of aliphatic hydroxyl groups excluding tert-OH is 1.